The third kappa shape index (κ3) is 7.10. The van der Waals surface area contributed by atoms with Gasteiger partial charge in [0.2, 0.25) is 0 Å². The molecule has 0 fully saturated rings. The minimum Gasteiger partial charge on any atom is -0.489 e. The standard InChI is InChI=1S/C35H33N3O4S/c1-25-12-19-32(20-13-25)43(40,41)38(34-21-26(2)11-14-27(34)3)23-35(39)37-36-22-28-15-17-31(18-16-28)42-24-30-9-6-8-29-7-4-5-10-33(29)30/h4-22H,23-24H2,1-3H3,(H,37,39)/b36-22-. The van der Waals surface area contributed by atoms with E-state index in [-0.39, 0.29) is 4.90 Å². The number of anilines is 1. The van der Waals surface area contributed by atoms with E-state index in [1.807, 2.05) is 75.4 Å². The van der Waals surface area contributed by atoms with E-state index in [0.29, 0.717) is 18.0 Å². The van der Waals surface area contributed by atoms with Gasteiger partial charge in [-0.25, -0.2) is 13.8 Å². The SMILES string of the molecule is Cc1ccc(S(=O)(=O)N(CC(=O)N/N=C\c2ccc(OCc3cccc4ccccc34)cc2)c2cc(C)ccc2C)cc1. The molecule has 0 aliphatic heterocycles. The number of fused-ring (bicyclic) bond motifs is 1. The van der Waals surface area contributed by atoms with Gasteiger partial charge < -0.3 is 4.74 Å². The Morgan fingerprint density at radius 1 is 0.837 bits per heavy atom. The molecule has 0 aliphatic carbocycles. The number of carbonyl (C=O) groups is 1. The van der Waals surface area contributed by atoms with E-state index in [9.17, 15) is 13.2 Å². The summed E-state index contributed by atoms with van der Waals surface area (Å²) < 4.78 is 34.5. The first-order valence-corrected chi connectivity index (χ1v) is 15.3. The van der Waals surface area contributed by atoms with Gasteiger partial charge >= 0.3 is 0 Å². The molecule has 0 aromatic heterocycles. The summed E-state index contributed by atoms with van der Waals surface area (Å²) in [5, 5.41) is 6.39. The van der Waals surface area contributed by atoms with Gasteiger partial charge in [-0.05, 0) is 96.3 Å². The molecule has 0 saturated carbocycles. The number of hydrogen-bond acceptors (Lipinski definition) is 5. The van der Waals surface area contributed by atoms with Crippen LogP contribution in [0, 0.1) is 20.8 Å². The van der Waals surface area contributed by atoms with Crippen LogP contribution in [0.1, 0.15) is 27.8 Å². The summed E-state index contributed by atoms with van der Waals surface area (Å²) in [6.07, 6.45) is 1.50. The van der Waals surface area contributed by atoms with Gasteiger partial charge in [0, 0.05) is 0 Å². The van der Waals surface area contributed by atoms with Crippen LogP contribution in [-0.4, -0.2) is 27.1 Å². The zero-order chi connectivity index (χ0) is 30.4. The molecule has 0 aliphatic rings. The smallest absolute Gasteiger partial charge is 0.264 e. The van der Waals surface area contributed by atoms with Crippen molar-refractivity contribution in [3.05, 3.63) is 137 Å². The lowest BCUT2D eigenvalue weighted by atomic mass is 10.1. The van der Waals surface area contributed by atoms with Gasteiger partial charge in [-0.15, -0.1) is 0 Å². The first-order valence-electron chi connectivity index (χ1n) is 13.9. The fourth-order valence-electron chi connectivity index (χ4n) is 4.70. The minimum absolute atomic E-state index is 0.109. The molecule has 1 N–H and O–H groups in total. The quantitative estimate of drug-likeness (QED) is 0.145. The highest BCUT2D eigenvalue weighted by atomic mass is 32.2. The number of aryl methyl sites for hydroxylation is 3. The minimum atomic E-state index is -4.02. The normalized spacial score (nSPS) is 11.5. The predicted molar refractivity (Wildman–Crippen MR) is 172 cm³/mol. The lowest BCUT2D eigenvalue weighted by molar-refractivity contribution is -0.119. The van der Waals surface area contributed by atoms with E-state index in [2.05, 4.69) is 34.8 Å². The first-order chi connectivity index (χ1) is 20.7. The molecule has 0 saturated heterocycles. The van der Waals surface area contributed by atoms with E-state index >= 15 is 0 Å². The van der Waals surface area contributed by atoms with Crippen LogP contribution >= 0.6 is 0 Å². The number of rotatable bonds is 10. The molecule has 5 rings (SSSR count). The van der Waals surface area contributed by atoms with Crippen molar-refractivity contribution in [2.24, 2.45) is 5.10 Å². The van der Waals surface area contributed by atoms with Crippen molar-refractivity contribution in [2.45, 2.75) is 32.3 Å². The summed E-state index contributed by atoms with van der Waals surface area (Å²) in [6, 6.07) is 33.8. The molecule has 0 radical (unpaired) electrons. The highest BCUT2D eigenvalue weighted by molar-refractivity contribution is 7.92. The number of benzene rings is 5. The highest BCUT2D eigenvalue weighted by Crippen LogP contribution is 2.28. The predicted octanol–water partition coefficient (Wildman–Crippen LogP) is 6.69. The monoisotopic (exact) mass is 591 g/mol. The maximum Gasteiger partial charge on any atom is 0.264 e. The second-order valence-corrected chi connectivity index (χ2v) is 12.3. The number of nitrogens with zero attached hydrogens (tertiary/aromatic N) is 2. The zero-order valence-electron chi connectivity index (χ0n) is 24.3. The van der Waals surface area contributed by atoms with Crippen molar-refractivity contribution in [3.8, 4) is 5.75 Å². The number of amides is 1. The Morgan fingerprint density at radius 2 is 1.53 bits per heavy atom. The average Bonchev–Trinajstić information content (AvgIpc) is 3.01. The van der Waals surface area contributed by atoms with Crippen LogP contribution in [-0.2, 0) is 21.4 Å². The Balaban J connectivity index is 1.25. The van der Waals surface area contributed by atoms with Gasteiger partial charge in [0.25, 0.3) is 15.9 Å². The fraction of sp³-hybridized carbons (Fsp3) is 0.143. The van der Waals surface area contributed by atoms with Crippen LogP contribution in [0.15, 0.2) is 119 Å². The maximum atomic E-state index is 13.7. The molecule has 5 aromatic carbocycles. The van der Waals surface area contributed by atoms with Crippen LogP contribution in [0.4, 0.5) is 5.69 Å². The Kier molecular flexibility index (Phi) is 8.87. The van der Waals surface area contributed by atoms with Crippen molar-refractivity contribution in [1.29, 1.82) is 0 Å². The van der Waals surface area contributed by atoms with Gasteiger partial charge in [-0.3, -0.25) is 9.10 Å². The van der Waals surface area contributed by atoms with E-state index < -0.39 is 22.5 Å². The van der Waals surface area contributed by atoms with Crippen LogP contribution in [0.5, 0.6) is 5.75 Å². The molecule has 7 nitrogen and oxygen atoms in total. The second kappa shape index (κ2) is 12.9. The third-order valence-electron chi connectivity index (χ3n) is 7.09. The molecule has 43 heavy (non-hydrogen) atoms. The molecule has 0 heterocycles. The van der Waals surface area contributed by atoms with Crippen molar-refractivity contribution < 1.29 is 17.9 Å². The summed E-state index contributed by atoms with van der Waals surface area (Å²) >= 11 is 0. The van der Waals surface area contributed by atoms with Gasteiger partial charge in [0.05, 0.1) is 16.8 Å². The number of nitrogens with one attached hydrogen (secondary N) is 1. The Bertz CT molecular complexity index is 1880. The molecule has 0 unspecified atom stereocenters. The summed E-state index contributed by atoms with van der Waals surface area (Å²) in [7, 11) is -4.02. The van der Waals surface area contributed by atoms with Crippen molar-refractivity contribution >= 4 is 38.6 Å². The van der Waals surface area contributed by atoms with Crippen molar-refractivity contribution in [3.63, 3.8) is 0 Å². The molecule has 8 heteroatoms. The molecule has 218 valence electrons. The molecule has 5 aromatic rings. The van der Waals surface area contributed by atoms with E-state index in [4.69, 9.17) is 4.74 Å². The van der Waals surface area contributed by atoms with E-state index in [1.165, 1.54) is 11.6 Å². The Morgan fingerprint density at radius 3 is 2.30 bits per heavy atom. The van der Waals surface area contributed by atoms with Crippen molar-refractivity contribution in [1.82, 2.24) is 5.43 Å². The van der Waals surface area contributed by atoms with Gasteiger partial charge in [-0.2, -0.15) is 5.10 Å². The summed E-state index contributed by atoms with van der Waals surface area (Å²) in [6.45, 7) is 5.59. The van der Waals surface area contributed by atoms with Crippen molar-refractivity contribution in [2.75, 3.05) is 10.8 Å². The van der Waals surface area contributed by atoms with E-state index in [1.54, 1.807) is 30.3 Å². The lowest BCUT2D eigenvalue weighted by Crippen LogP contribution is -2.40. The van der Waals surface area contributed by atoms with E-state index in [0.717, 1.165) is 37.5 Å². The molecular formula is C35H33N3O4S. The molecular weight excluding hydrogens is 558 g/mol. The Labute approximate surface area is 252 Å². The zero-order valence-corrected chi connectivity index (χ0v) is 25.1. The summed E-state index contributed by atoms with van der Waals surface area (Å²) in [5.41, 5.74) is 7.32. The largest absolute Gasteiger partial charge is 0.489 e. The van der Waals surface area contributed by atoms with Gasteiger partial charge in [0.15, 0.2) is 0 Å². The molecule has 0 spiro atoms. The highest BCUT2D eigenvalue weighted by Gasteiger charge is 2.28. The summed E-state index contributed by atoms with van der Waals surface area (Å²) in [4.78, 5) is 13.1. The number of ether oxygens (including phenoxy) is 1. The number of sulfonamides is 1. The maximum absolute atomic E-state index is 13.7. The van der Waals surface area contributed by atoms with Gasteiger partial charge in [-0.1, -0.05) is 72.3 Å². The third-order valence-corrected chi connectivity index (χ3v) is 8.86. The second-order valence-electron chi connectivity index (χ2n) is 10.4. The number of carbonyl (C=O) groups excluding carboxylic acids is 1. The lowest BCUT2D eigenvalue weighted by Gasteiger charge is -2.25. The molecule has 0 atom stereocenters. The van der Waals surface area contributed by atoms with Crippen LogP contribution < -0.4 is 14.5 Å². The van der Waals surface area contributed by atoms with Crippen LogP contribution in [0.3, 0.4) is 0 Å². The summed E-state index contributed by atoms with van der Waals surface area (Å²) in [5.74, 6) is 0.141. The fourth-order valence-corrected chi connectivity index (χ4v) is 6.18. The first kappa shape index (κ1) is 29.5. The van der Waals surface area contributed by atoms with Crippen LogP contribution in [0.25, 0.3) is 10.8 Å². The van der Waals surface area contributed by atoms with Crippen LogP contribution in [0.2, 0.25) is 0 Å². The Hall–Kier alpha value is -4.95. The number of hydrogen-bond donors (Lipinski definition) is 1. The molecule has 1 amide bonds. The topological polar surface area (TPSA) is 88.1 Å². The number of hydrazone groups is 1. The molecule has 0 bridgehead atoms. The van der Waals surface area contributed by atoms with Gasteiger partial charge in [0.1, 0.15) is 18.9 Å². The average molecular weight is 592 g/mol.